The molecule has 0 radical (unpaired) electrons. The van der Waals surface area contributed by atoms with Crippen molar-refractivity contribution in [3.63, 3.8) is 0 Å². The Morgan fingerprint density at radius 1 is 1.69 bits per heavy atom. The van der Waals surface area contributed by atoms with Crippen molar-refractivity contribution < 1.29 is 18.8 Å². The molecule has 1 N–H and O–H groups in total. The van der Waals surface area contributed by atoms with E-state index in [2.05, 4.69) is 4.98 Å². The van der Waals surface area contributed by atoms with Gasteiger partial charge in [-0.1, -0.05) is 0 Å². The number of hydrogen-bond acceptors (Lipinski definition) is 5. The zero-order valence-electron chi connectivity index (χ0n) is 7.72. The maximum absolute atomic E-state index is 12.6. The molecule has 0 aliphatic rings. The van der Waals surface area contributed by atoms with Crippen LogP contribution in [0.1, 0.15) is 23.2 Å². The molecule has 0 atom stereocenters. The summed E-state index contributed by atoms with van der Waals surface area (Å²) >= 11 is 0. The summed E-state index contributed by atoms with van der Waals surface area (Å²) in [5.74, 6) is 0. The maximum atomic E-state index is 12.6. The van der Waals surface area contributed by atoms with Gasteiger partial charge in [-0.2, -0.15) is 5.26 Å². The molecule has 0 saturated carbocycles. The largest absolute Gasteiger partial charge is 0.390 e. The first kappa shape index (κ1) is 11.9. The van der Waals surface area contributed by atoms with Crippen molar-refractivity contribution in [1.82, 2.24) is 4.98 Å². The highest BCUT2D eigenvalue weighted by Crippen LogP contribution is 2.32. The molecular formula is C8H5F2N3O3. The second kappa shape index (κ2) is 4.59. The monoisotopic (exact) mass is 229 g/mol. The Bertz CT molecular complexity index is 470. The van der Waals surface area contributed by atoms with Crippen molar-refractivity contribution in [2.24, 2.45) is 0 Å². The van der Waals surface area contributed by atoms with Crippen molar-refractivity contribution in [2.75, 3.05) is 0 Å². The molecule has 0 amide bonds. The molecule has 0 aliphatic heterocycles. The summed E-state index contributed by atoms with van der Waals surface area (Å²) in [4.78, 5) is 12.8. The van der Waals surface area contributed by atoms with Gasteiger partial charge in [0, 0.05) is 0 Å². The quantitative estimate of drug-likeness (QED) is 0.621. The van der Waals surface area contributed by atoms with Crippen molar-refractivity contribution >= 4 is 5.69 Å². The third-order valence-corrected chi connectivity index (χ3v) is 1.85. The smallest absolute Gasteiger partial charge is 0.297 e. The molecule has 0 aliphatic carbocycles. The highest BCUT2D eigenvalue weighted by atomic mass is 19.3. The van der Waals surface area contributed by atoms with Gasteiger partial charge in [0.2, 0.25) is 0 Å². The Kier molecular flexibility index (Phi) is 3.42. The summed E-state index contributed by atoms with van der Waals surface area (Å²) in [5.41, 5.74) is -2.88. The average Bonchev–Trinajstić information content (AvgIpc) is 2.26. The van der Waals surface area contributed by atoms with Crippen LogP contribution in [0.5, 0.6) is 0 Å². The minimum absolute atomic E-state index is 0.302. The van der Waals surface area contributed by atoms with Crippen molar-refractivity contribution in [1.29, 1.82) is 5.26 Å². The van der Waals surface area contributed by atoms with Crippen LogP contribution in [-0.4, -0.2) is 15.0 Å². The van der Waals surface area contributed by atoms with E-state index >= 15 is 0 Å². The van der Waals surface area contributed by atoms with E-state index in [0.717, 1.165) is 0 Å². The molecule has 84 valence electrons. The van der Waals surface area contributed by atoms with Crippen molar-refractivity contribution in [3.8, 4) is 6.07 Å². The van der Waals surface area contributed by atoms with Gasteiger partial charge in [-0.15, -0.1) is 0 Å². The van der Waals surface area contributed by atoms with Gasteiger partial charge in [0.25, 0.3) is 12.1 Å². The Labute approximate surface area is 87.9 Å². The minimum Gasteiger partial charge on any atom is -0.390 e. The van der Waals surface area contributed by atoms with Crippen LogP contribution in [0.25, 0.3) is 0 Å². The van der Waals surface area contributed by atoms with Crippen molar-refractivity contribution in [3.05, 3.63) is 33.1 Å². The number of aromatic nitrogens is 1. The molecule has 0 saturated heterocycles. The first-order chi connectivity index (χ1) is 7.52. The van der Waals surface area contributed by atoms with Gasteiger partial charge in [-0.05, 0) is 0 Å². The molecule has 1 rings (SSSR count). The van der Waals surface area contributed by atoms with Gasteiger partial charge in [0.05, 0.1) is 22.8 Å². The van der Waals surface area contributed by atoms with E-state index in [1.807, 2.05) is 0 Å². The molecule has 0 spiro atoms. The fraction of sp³-hybridized carbons (Fsp3) is 0.250. The second-order valence-corrected chi connectivity index (χ2v) is 2.71. The molecule has 6 nitrogen and oxygen atoms in total. The molecule has 0 unspecified atom stereocenters. The molecule has 0 aromatic carbocycles. The van der Waals surface area contributed by atoms with Crippen LogP contribution in [0.4, 0.5) is 14.5 Å². The number of pyridine rings is 1. The van der Waals surface area contributed by atoms with E-state index in [-0.39, 0.29) is 5.69 Å². The number of halogens is 2. The zero-order chi connectivity index (χ0) is 12.3. The van der Waals surface area contributed by atoms with E-state index < -0.39 is 34.8 Å². The standard InChI is InChI=1S/C8H5F2N3O3/c9-8(10)7-4(1-11)5(3-14)12-2-6(7)13(15)16/h2,8,14H,3H2. The van der Waals surface area contributed by atoms with Gasteiger partial charge in [-0.25, -0.2) is 8.78 Å². The topological polar surface area (TPSA) is 100 Å². The van der Waals surface area contributed by atoms with Gasteiger partial charge in [-0.3, -0.25) is 15.1 Å². The van der Waals surface area contributed by atoms with Crippen LogP contribution in [-0.2, 0) is 6.61 Å². The number of rotatable bonds is 3. The fourth-order valence-electron chi connectivity index (χ4n) is 1.17. The van der Waals surface area contributed by atoms with E-state index in [9.17, 15) is 18.9 Å². The van der Waals surface area contributed by atoms with Crippen LogP contribution < -0.4 is 0 Å². The molecular weight excluding hydrogens is 224 g/mol. The summed E-state index contributed by atoms with van der Waals surface area (Å²) in [6, 6.07) is 1.38. The van der Waals surface area contributed by atoms with Crippen LogP contribution in [0.2, 0.25) is 0 Å². The summed E-state index contributed by atoms with van der Waals surface area (Å²) in [6.07, 6.45) is -2.57. The molecule has 8 heteroatoms. The third-order valence-electron chi connectivity index (χ3n) is 1.85. The third kappa shape index (κ3) is 1.94. The van der Waals surface area contributed by atoms with Crippen LogP contribution >= 0.6 is 0 Å². The number of nitrogens with zero attached hydrogens (tertiary/aromatic N) is 3. The zero-order valence-corrected chi connectivity index (χ0v) is 7.72. The SMILES string of the molecule is N#Cc1c(CO)ncc([N+](=O)[O-])c1C(F)F. The number of nitro groups is 1. The van der Waals surface area contributed by atoms with Crippen LogP contribution in [0, 0.1) is 21.4 Å². The molecule has 1 aromatic heterocycles. The molecule has 0 bridgehead atoms. The number of hydrogen-bond donors (Lipinski definition) is 1. The lowest BCUT2D eigenvalue weighted by Crippen LogP contribution is -2.05. The summed E-state index contributed by atoms with van der Waals surface area (Å²) in [7, 11) is 0. The lowest BCUT2D eigenvalue weighted by Gasteiger charge is -2.06. The van der Waals surface area contributed by atoms with E-state index in [1.54, 1.807) is 0 Å². The van der Waals surface area contributed by atoms with Gasteiger partial charge in [0.15, 0.2) is 0 Å². The lowest BCUT2D eigenvalue weighted by molar-refractivity contribution is -0.386. The highest BCUT2D eigenvalue weighted by molar-refractivity contribution is 5.52. The second-order valence-electron chi connectivity index (χ2n) is 2.71. The van der Waals surface area contributed by atoms with Crippen LogP contribution in [0.3, 0.4) is 0 Å². The number of aliphatic hydroxyl groups is 1. The van der Waals surface area contributed by atoms with Gasteiger partial charge < -0.3 is 5.11 Å². The Morgan fingerprint density at radius 3 is 2.69 bits per heavy atom. The first-order valence-electron chi connectivity index (χ1n) is 3.98. The molecule has 1 aromatic rings. The van der Waals surface area contributed by atoms with Crippen molar-refractivity contribution in [2.45, 2.75) is 13.0 Å². The average molecular weight is 229 g/mol. The maximum Gasteiger partial charge on any atom is 0.297 e. The first-order valence-corrected chi connectivity index (χ1v) is 3.98. The normalized spacial score (nSPS) is 10.2. The predicted octanol–water partition coefficient (Wildman–Crippen LogP) is 1.29. The van der Waals surface area contributed by atoms with Gasteiger partial charge in [0.1, 0.15) is 17.8 Å². The Balaban J connectivity index is 3.58. The van der Waals surface area contributed by atoms with E-state index in [4.69, 9.17) is 10.4 Å². The van der Waals surface area contributed by atoms with Crippen LogP contribution in [0.15, 0.2) is 6.20 Å². The van der Waals surface area contributed by atoms with E-state index in [1.165, 1.54) is 6.07 Å². The minimum atomic E-state index is -3.18. The number of nitriles is 1. The lowest BCUT2D eigenvalue weighted by atomic mass is 10.1. The highest BCUT2D eigenvalue weighted by Gasteiger charge is 2.28. The fourth-order valence-corrected chi connectivity index (χ4v) is 1.17. The molecule has 16 heavy (non-hydrogen) atoms. The molecule has 1 heterocycles. The number of alkyl halides is 2. The van der Waals surface area contributed by atoms with E-state index in [0.29, 0.717) is 6.20 Å². The summed E-state index contributed by atoms with van der Waals surface area (Å²) < 4.78 is 25.2. The number of aliphatic hydroxyl groups excluding tert-OH is 1. The molecule has 0 fully saturated rings. The predicted molar refractivity (Wildman–Crippen MR) is 46.5 cm³/mol. The Hall–Kier alpha value is -2.14. The summed E-state index contributed by atoms with van der Waals surface area (Å²) in [5, 5.41) is 27.8. The Morgan fingerprint density at radius 2 is 2.31 bits per heavy atom. The summed E-state index contributed by atoms with van der Waals surface area (Å²) in [6.45, 7) is -0.736. The van der Waals surface area contributed by atoms with Gasteiger partial charge >= 0.3 is 0 Å².